The van der Waals surface area contributed by atoms with Gasteiger partial charge in [0.2, 0.25) is 5.91 Å². The highest BCUT2D eigenvalue weighted by Gasteiger charge is 2.37. The summed E-state index contributed by atoms with van der Waals surface area (Å²) in [5, 5.41) is -0.401. The van der Waals surface area contributed by atoms with Gasteiger partial charge < -0.3 is 9.64 Å². The Hall–Kier alpha value is -2.12. The molecule has 7 heteroatoms. The first-order valence-corrected chi connectivity index (χ1v) is 8.54. The summed E-state index contributed by atoms with van der Waals surface area (Å²) in [4.78, 5) is 39.8. The first-order chi connectivity index (χ1) is 11.6. The number of carbonyl (C=O) groups excluding carboxylic acids is 3. The third-order valence-electron chi connectivity index (χ3n) is 4.01. The van der Waals surface area contributed by atoms with Crippen molar-refractivity contribution < 1.29 is 19.1 Å². The summed E-state index contributed by atoms with van der Waals surface area (Å²) in [6.07, 6.45) is 1.71. The Labute approximate surface area is 144 Å². The zero-order valence-corrected chi connectivity index (χ0v) is 14.2. The van der Waals surface area contributed by atoms with E-state index in [1.807, 2.05) is 31.2 Å². The Morgan fingerprint density at radius 2 is 1.96 bits per heavy atom. The highest BCUT2D eigenvalue weighted by molar-refractivity contribution is 8.18. The van der Waals surface area contributed by atoms with E-state index in [0.29, 0.717) is 31.2 Å². The second kappa shape index (κ2) is 7.19. The lowest BCUT2D eigenvalue weighted by Gasteiger charge is -2.28. The van der Waals surface area contributed by atoms with Gasteiger partial charge in [0, 0.05) is 13.1 Å². The van der Waals surface area contributed by atoms with E-state index in [-0.39, 0.29) is 12.5 Å². The molecule has 2 saturated heterocycles. The molecule has 2 fully saturated rings. The van der Waals surface area contributed by atoms with Gasteiger partial charge in [-0.05, 0) is 35.9 Å². The average molecular weight is 346 g/mol. The number of rotatable bonds is 3. The average Bonchev–Trinajstić information content (AvgIpc) is 2.85. The van der Waals surface area contributed by atoms with Gasteiger partial charge in [0.1, 0.15) is 6.54 Å². The minimum Gasteiger partial charge on any atom is -0.378 e. The van der Waals surface area contributed by atoms with Gasteiger partial charge in [0.25, 0.3) is 11.1 Å². The highest BCUT2D eigenvalue weighted by Crippen LogP contribution is 2.32. The molecular weight excluding hydrogens is 328 g/mol. The van der Waals surface area contributed by atoms with Crippen LogP contribution in [0.1, 0.15) is 11.1 Å². The van der Waals surface area contributed by atoms with Gasteiger partial charge in [0.15, 0.2) is 0 Å². The molecule has 6 nitrogen and oxygen atoms in total. The van der Waals surface area contributed by atoms with Gasteiger partial charge >= 0.3 is 0 Å². The maximum atomic E-state index is 12.5. The predicted octanol–water partition coefficient (Wildman–Crippen LogP) is 1.89. The summed E-state index contributed by atoms with van der Waals surface area (Å²) >= 11 is 0.877. The van der Waals surface area contributed by atoms with Crippen molar-refractivity contribution in [3.05, 3.63) is 40.3 Å². The highest BCUT2D eigenvalue weighted by atomic mass is 32.2. The standard InChI is InChI=1S/C17H18N2O4S/c1-12-4-2-3-5-13(12)10-14-16(21)19(17(22)24-14)11-15(20)18-6-8-23-9-7-18/h2-5,10H,6-9,11H2,1H3/b14-10+. The molecule has 2 heterocycles. The summed E-state index contributed by atoms with van der Waals surface area (Å²) in [6, 6.07) is 7.63. The summed E-state index contributed by atoms with van der Waals surface area (Å²) in [6.45, 7) is 3.69. The Bertz CT molecular complexity index is 710. The van der Waals surface area contributed by atoms with Gasteiger partial charge in [-0.1, -0.05) is 24.3 Å². The van der Waals surface area contributed by atoms with Crippen LogP contribution in [0.2, 0.25) is 0 Å². The number of hydrogen-bond acceptors (Lipinski definition) is 5. The number of amides is 3. The zero-order valence-electron chi connectivity index (χ0n) is 13.4. The van der Waals surface area contributed by atoms with Crippen molar-refractivity contribution in [3.8, 4) is 0 Å². The van der Waals surface area contributed by atoms with E-state index in [0.717, 1.165) is 27.8 Å². The van der Waals surface area contributed by atoms with Gasteiger partial charge in [-0.2, -0.15) is 0 Å². The topological polar surface area (TPSA) is 66.9 Å². The molecule has 0 aliphatic carbocycles. The van der Waals surface area contributed by atoms with E-state index < -0.39 is 11.1 Å². The molecule has 3 amide bonds. The van der Waals surface area contributed by atoms with E-state index in [2.05, 4.69) is 0 Å². The normalized spacial score (nSPS) is 20.1. The monoisotopic (exact) mass is 346 g/mol. The van der Waals surface area contributed by atoms with Crippen LogP contribution in [-0.2, 0) is 14.3 Å². The van der Waals surface area contributed by atoms with E-state index in [1.165, 1.54) is 0 Å². The van der Waals surface area contributed by atoms with Crippen LogP contribution in [0.3, 0.4) is 0 Å². The van der Waals surface area contributed by atoms with E-state index in [1.54, 1.807) is 11.0 Å². The van der Waals surface area contributed by atoms with E-state index in [4.69, 9.17) is 4.74 Å². The van der Waals surface area contributed by atoms with Gasteiger partial charge in [-0.25, -0.2) is 0 Å². The summed E-state index contributed by atoms with van der Waals surface area (Å²) in [5.41, 5.74) is 1.91. The second-order valence-electron chi connectivity index (χ2n) is 5.62. The van der Waals surface area contributed by atoms with E-state index in [9.17, 15) is 14.4 Å². The van der Waals surface area contributed by atoms with Crippen LogP contribution >= 0.6 is 11.8 Å². The van der Waals surface area contributed by atoms with Crippen LogP contribution in [0, 0.1) is 6.92 Å². The predicted molar refractivity (Wildman–Crippen MR) is 91.3 cm³/mol. The van der Waals surface area contributed by atoms with Crippen molar-refractivity contribution >= 4 is 34.9 Å². The fraction of sp³-hybridized carbons (Fsp3) is 0.353. The molecule has 0 bridgehead atoms. The number of imide groups is 1. The lowest BCUT2D eigenvalue weighted by molar-refractivity contribution is -0.139. The molecule has 0 radical (unpaired) electrons. The first kappa shape index (κ1) is 16.7. The van der Waals surface area contributed by atoms with Crippen molar-refractivity contribution in [1.82, 2.24) is 9.80 Å². The Morgan fingerprint density at radius 1 is 1.25 bits per heavy atom. The molecule has 0 atom stereocenters. The molecule has 0 aromatic heterocycles. The molecule has 0 N–H and O–H groups in total. The number of benzene rings is 1. The van der Waals surface area contributed by atoms with Crippen molar-refractivity contribution in [2.75, 3.05) is 32.8 Å². The molecule has 3 rings (SSSR count). The fourth-order valence-corrected chi connectivity index (χ4v) is 3.40. The van der Waals surface area contributed by atoms with Crippen LogP contribution in [0.5, 0.6) is 0 Å². The van der Waals surface area contributed by atoms with Crippen molar-refractivity contribution in [3.63, 3.8) is 0 Å². The third kappa shape index (κ3) is 3.52. The van der Waals surface area contributed by atoms with Crippen LogP contribution < -0.4 is 0 Å². The molecule has 2 aliphatic heterocycles. The zero-order chi connectivity index (χ0) is 17.1. The third-order valence-corrected chi connectivity index (χ3v) is 4.91. The Morgan fingerprint density at radius 3 is 2.67 bits per heavy atom. The maximum Gasteiger partial charge on any atom is 0.294 e. The molecule has 1 aromatic rings. The maximum absolute atomic E-state index is 12.5. The van der Waals surface area contributed by atoms with Gasteiger partial charge in [0.05, 0.1) is 18.1 Å². The number of ether oxygens (including phenoxy) is 1. The van der Waals surface area contributed by atoms with Gasteiger partial charge in [-0.3, -0.25) is 19.3 Å². The summed E-state index contributed by atoms with van der Waals surface area (Å²) < 4.78 is 5.20. The van der Waals surface area contributed by atoms with Gasteiger partial charge in [-0.15, -0.1) is 0 Å². The number of carbonyl (C=O) groups is 3. The largest absolute Gasteiger partial charge is 0.378 e. The molecule has 126 valence electrons. The number of thioether (sulfide) groups is 1. The van der Waals surface area contributed by atoms with Crippen LogP contribution in [0.4, 0.5) is 4.79 Å². The molecule has 0 saturated carbocycles. The first-order valence-electron chi connectivity index (χ1n) is 7.73. The summed E-state index contributed by atoms with van der Waals surface area (Å²) in [5.74, 6) is -0.632. The Kier molecular flexibility index (Phi) is 5.01. The minimum atomic E-state index is -0.408. The SMILES string of the molecule is Cc1ccccc1/C=C1/SC(=O)N(CC(=O)N2CCOCC2)C1=O. The van der Waals surface area contributed by atoms with Crippen LogP contribution in [0.25, 0.3) is 6.08 Å². The lowest BCUT2D eigenvalue weighted by Crippen LogP contribution is -2.46. The van der Waals surface area contributed by atoms with Crippen molar-refractivity contribution in [2.24, 2.45) is 0 Å². The van der Waals surface area contributed by atoms with Crippen LogP contribution in [-0.4, -0.2) is 59.7 Å². The summed E-state index contributed by atoms with van der Waals surface area (Å²) in [7, 11) is 0. The lowest BCUT2D eigenvalue weighted by atomic mass is 10.1. The molecule has 1 aromatic carbocycles. The number of nitrogens with zero attached hydrogens (tertiary/aromatic N) is 2. The van der Waals surface area contributed by atoms with Crippen molar-refractivity contribution in [2.45, 2.75) is 6.92 Å². The minimum absolute atomic E-state index is 0.213. The number of aryl methyl sites for hydroxylation is 1. The quantitative estimate of drug-likeness (QED) is 0.782. The van der Waals surface area contributed by atoms with E-state index >= 15 is 0 Å². The fourth-order valence-electron chi connectivity index (χ4n) is 2.57. The molecule has 24 heavy (non-hydrogen) atoms. The smallest absolute Gasteiger partial charge is 0.294 e. The second-order valence-corrected chi connectivity index (χ2v) is 6.61. The number of morpholine rings is 1. The van der Waals surface area contributed by atoms with Crippen molar-refractivity contribution in [1.29, 1.82) is 0 Å². The van der Waals surface area contributed by atoms with Crippen LogP contribution in [0.15, 0.2) is 29.2 Å². The molecular formula is C17H18N2O4S. The Balaban J connectivity index is 1.72. The number of hydrogen-bond donors (Lipinski definition) is 0. The molecule has 0 spiro atoms. The molecule has 0 unspecified atom stereocenters. The molecule has 2 aliphatic rings.